The molecule has 0 amide bonds. The second kappa shape index (κ2) is 7.35. The van der Waals surface area contributed by atoms with E-state index in [2.05, 4.69) is 0 Å². The van der Waals surface area contributed by atoms with E-state index in [0.717, 1.165) is 0 Å². The van der Waals surface area contributed by atoms with Crippen LogP contribution in [0.3, 0.4) is 0 Å². The van der Waals surface area contributed by atoms with E-state index in [0.29, 0.717) is 0 Å². The number of nitro groups is 1. The molecular weight excluding hydrogens is 250 g/mol. The van der Waals surface area contributed by atoms with E-state index in [1.165, 1.54) is 24.3 Å². The molecule has 0 N–H and O–H groups in total. The van der Waals surface area contributed by atoms with Crippen LogP contribution in [0.1, 0.15) is 34.6 Å². The van der Waals surface area contributed by atoms with E-state index in [1.54, 1.807) is 34.6 Å². The molecular formula is C13H19NO5. The highest BCUT2D eigenvalue weighted by Gasteiger charge is 2.18. The Labute approximate surface area is 112 Å². The molecule has 0 aromatic carbocycles. The van der Waals surface area contributed by atoms with Gasteiger partial charge in [-0.05, 0) is 52.8 Å². The van der Waals surface area contributed by atoms with Crippen LogP contribution >= 0.6 is 0 Å². The first kappa shape index (κ1) is 16.9. The van der Waals surface area contributed by atoms with Crippen molar-refractivity contribution >= 4 is 6.16 Å². The third kappa shape index (κ3) is 7.75. The Balaban J connectivity index is 4.68. The summed E-state index contributed by atoms with van der Waals surface area (Å²) in [7, 11) is 0. The van der Waals surface area contributed by atoms with Crippen LogP contribution in [0, 0.1) is 10.1 Å². The Bertz CT molecular complexity index is 427. The van der Waals surface area contributed by atoms with E-state index in [4.69, 9.17) is 9.47 Å². The molecule has 0 heterocycles. The lowest BCUT2D eigenvalue weighted by molar-refractivity contribution is -0.419. The van der Waals surface area contributed by atoms with Crippen molar-refractivity contribution in [2.24, 2.45) is 0 Å². The highest BCUT2D eigenvalue weighted by atomic mass is 16.7. The van der Waals surface area contributed by atoms with Crippen molar-refractivity contribution in [3.63, 3.8) is 0 Å². The number of nitrogens with zero attached hydrogens (tertiary/aromatic N) is 1. The van der Waals surface area contributed by atoms with Gasteiger partial charge in [-0.3, -0.25) is 10.1 Å². The predicted octanol–water partition coefficient (Wildman–Crippen LogP) is 3.58. The van der Waals surface area contributed by atoms with Crippen molar-refractivity contribution in [1.29, 1.82) is 0 Å². The van der Waals surface area contributed by atoms with Crippen molar-refractivity contribution in [3.05, 3.63) is 45.9 Å². The zero-order valence-corrected chi connectivity index (χ0v) is 11.8. The third-order valence-electron chi connectivity index (χ3n) is 1.80. The molecule has 0 bridgehead atoms. The van der Waals surface area contributed by atoms with Gasteiger partial charge in [-0.1, -0.05) is 0 Å². The lowest BCUT2D eigenvalue weighted by Gasteiger charge is -2.18. The lowest BCUT2D eigenvalue weighted by atomic mass is 10.2. The molecule has 0 atom stereocenters. The fourth-order valence-electron chi connectivity index (χ4n) is 0.986. The molecule has 0 saturated heterocycles. The van der Waals surface area contributed by atoms with Crippen LogP contribution in [0.4, 0.5) is 4.79 Å². The average Bonchev–Trinajstić information content (AvgIpc) is 2.25. The second-order valence-corrected chi connectivity index (χ2v) is 4.56. The van der Waals surface area contributed by atoms with Crippen molar-refractivity contribution < 1.29 is 19.2 Å². The van der Waals surface area contributed by atoms with E-state index in [-0.39, 0.29) is 11.5 Å². The number of carbonyl (C=O) groups is 1. The van der Waals surface area contributed by atoms with Crippen LogP contribution in [0.5, 0.6) is 0 Å². The van der Waals surface area contributed by atoms with Gasteiger partial charge in [0.05, 0.1) is 4.92 Å². The van der Waals surface area contributed by atoms with Gasteiger partial charge in [0.2, 0.25) is 0 Å². The first-order valence-electron chi connectivity index (χ1n) is 5.75. The smallest absolute Gasteiger partial charge is 0.428 e. The van der Waals surface area contributed by atoms with Crippen molar-refractivity contribution in [2.45, 2.75) is 40.2 Å². The Morgan fingerprint density at radius 3 is 2.11 bits per heavy atom. The maximum absolute atomic E-state index is 11.4. The first-order chi connectivity index (χ1) is 8.69. The van der Waals surface area contributed by atoms with E-state index in [1.807, 2.05) is 0 Å². The molecule has 0 saturated carbocycles. The van der Waals surface area contributed by atoms with Crippen molar-refractivity contribution in [2.75, 3.05) is 0 Å². The molecule has 0 aliphatic carbocycles. The minimum Gasteiger partial charge on any atom is -0.428 e. The number of hydrogen-bond acceptors (Lipinski definition) is 5. The molecule has 19 heavy (non-hydrogen) atoms. The largest absolute Gasteiger partial charge is 0.514 e. The Hall–Kier alpha value is -2.11. The van der Waals surface area contributed by atoms with E-state index >= 15 is 0 Å². The number of ether oxygens (including phenoxy) is 2. The molecule has 6 nitrogen and oxygen atoms in total. The fourth-order valence-corrected chi connectivity index (χ4v) is 0.986. The normalized spacial score (nSPS) is 13.5. The molecule has 0 aromatic heterocycles. The molecule has 0 radical (unpaired) electrons. The van der Waals surface area contributed by atoms with E-state index in [9.17, 15) is 14.9 Å². The SMILES string of the molecule is C\C=C(/C=C\C(=C/C)[N+](=O)[O-])OC(=O)OC(C)(C)C. The number of carbonyl (C=O) groups excluding carboxylic acids is 1. The summed E-state index contributed by atoms with van der Waals surface area (Å²) in [6.45, 7) is 8.33. The Morgan fingerprint density at radius 1 is 1.16 bits per heavy atom. The summed E-state index contributed by atoms with van der Waals surface area (Å²) in [6.07, 6.45) is 4.58. The van der Waals surface area contributed by atoms with Crippen LogP contribution in [0.25, 0.3) is 0 Å². The van der Waals surface area contributed by atoms with Gasteiger partial charge < -0.3 is 9.47 Å². The average molecular weight is 269 g/mol. The number of hydrogen-bond donors (Lipinski definition) is 0. The van der Waals surface area contributed by atoms with Gasteiger partial charge in [0, 0.05) is 6.08 Å². The van der Waals surface area contributed by atoms with Crippen molar-refractivity contribution in [1.82, 2.24) is 0 Å². The maximum Gasteiger partial charge on any atom is 0.514 e. The minimum absolute atomic E-state index is 0.0906. The first-order valence-corrected chi connectivity index (χ1v) is 5.75. The van der Waals surface area contributed by atoms with Crippen LogP contribution in [-0.2, 0) is 9.47 Å². The predicted molar refractivity (Wildman–Crippen MR) is 71.0 cm³/mol. The molecule has 0 unspecified atom stereocenters. The molecule has 0 fully saturated rings. The Morgan fingerprint density at radius 2 is 1.74 bits per heavy atom. The molecule has 106 valence electrons. The third-order valence-corrected chi connectivity index (χ3v) is 1.80. The van der Waals surface area contributed by atoms with Crippen LogP contribution in [0.15, 0.2) is 35.8 Å². The maximum atomic E-state index is 11.4. The highest BCUT2D eigenvalue weighted by molar-refractivity contribution is 5.62. The van der Waals surface area contributed by atoms with E-state index < -0.39 is 16.7 Å². The fraction of sp³-hybridized carbons (Fsp3) is 0.462. The van der Waals surface area contributed by atoms with Crippen LogP contribution in [0.2, 0.25) is 0 Å². The molecule has 0 aliphatic heterocycles. The number of allylic oxidation sites excluding steroid dienone is 4. The van der Waals surface area contributed by atoms with Gasteiger partial charge in [-0.15, -0.1) is 0 Å². The van der Waals surface area contributed by atoms with Gasteiger partial charge >= 0.3 is 6.16 Å². The summed E-state index contributed by atoms with van der Waals surface area (Å²) in [5.41, 5.74) is -0.748. The summed E-state index contributed by atoms with van der Waals surface area (Å²) in [5, 5.41) is 10.6. The quantitative estimate of drug-likeness (QED) is 0.256. The van der Waals surface area contributed by atoms with Crippen molar-refractivity contribution in [3.8, 4) is 0 Å². The summed E-state index contributed by atoms with van der Waals surface area (Å²) >= 11 is 0. The summed E-state index contributed by atoms with van der Waals surface area (Å²) < 4.78 is 9.88. The van der Waals surface area contributed by atoms with Gasteiger partial charge in [-0.25, -0.2) is 4.79 Å². The molecule has 0 aliphatic rings. The van der Waals surface area contributed by atoms with Gasteiger partial charge in [0.25, 0.3) is 5.70 Å². The Kier molecular flexibility index (Phi) is 6.54. The van der Waals surface area contributed by atoms with Gasteiger partial charge in [0.15, 0.2) is 0 Å². The topological polar surface area (TPSA) is 78.7 Å². The van der Waals surface area contributed by atoms with Gasteiger partial charge in [-0.2, -0.15) is 0 Å². The summed E-state index contributed by atoms with van der Waals surface area (Å²) in [5.74, 6) is 0.176. The zero-order valence-electron chi connectivity index (χ0n) is 11.8. The molecule has 0 aromatic rings. The highest BCUT2D eigenvalue weighted by Crippen LogP contribution is 2.11. The summed E-state index contributed by atoms with van der Waals surface area (Å²) in [6, 6.07) is 0. The zero-order chi connectivity index (χ0) is 15.1. The van der Waals surface area contributed by atoms with Gasteiger partial charge in [0.1, 0.15) is 11.4 Å². The van der Waals surface area contributed by atoms with Crippen LogP contribution < -0.4 is 0 Å². The van der Waals surface area contributed by atoms with Crippen LogP contribution in [-0.4, -0.2) is 16.7 Å². The monoisotopic (exact) mass is 269 g/mol. The molecule has 0 spiro atoms. The lowest BCUT2D eigenvalue weighted by Crippen LogP contribution is -2.24. The minimum atomic E-state index is -0.853. The molecule has 6 heteroatoms. The number of rotatable bonds is 4. The summed E-state index contributed by atoms with van der Waals surface area (Å²) in [4.78, 5) is 21.5. The standard InChI is InChI=1S/C13H19NO5/c1-6-10(14(16)17)8-9-11(7-2)18-12(15)19-13(3,4)5/h6-9H,1-5H3/b9-8-,10-6+,11-7+. The second-order valence-electron chi connectivity index (χ2n) is 4.56. The molecule has 0 rings (SSSR count).